The van der Waals surface area contributed by atoms with Crippen molar-refractivity contribution in [2.75, 3.05) is 12.8 Å². The molecule has 2 N–H and O–H groups in total. The van der Waals surface area contributed by atoms with Crippen LogP contribution in [0.25, 0.3) is 0 Å². The van der Waals surface area contributed by atoms with Crippen LogP contribution in [0.15, 0.2) is 36.4 Å². The summed E-state index contributed by atoms with van der Waals surface area (Å²) in [6, 6.07) is 8.06. The van der Waals surface area contributed by atoms with E-state index >= 15 is 0 Å². The molecule has 6 heteroatoms. The predicted octanol–water partition coefficient (Wildman–Crippen LogP) is 2.91. The van der Waals surface area contributed by atoms with Crippen LogP contribution in [-0.4, -0.2) is 13.1 Å². The van der Waals surface area contributed by atoms with E-state index in [0.717, 1.165) is 12.1 Å². The van der Waals surface area contributed by atoms with Gasteiger partial charge in [-0.25, -0.2) is 13.6 Å². The number of carbonyl (C=O) groups is 1. The largest absolute Gasteiger partial charge is 0.496 e. The molecule has 0 heterocycles. The molecule has 2 rings (SSSR count). The van der Waals surface area contributed by atoms with Gasteiger partial charge in [0, 0.05) is 5.69 Å². The Morgan fingerprint density at radius 1 is 1.14 bits per heavy atom. The molecule has 21 heavy (non-hydrogen) atoms. The molecule has 0 aliphatic heterocycles. The number of nitrogen functional groups attached to an aromatic ring is 1. The third kappa shape index (κ3) is 3.10. The fraction of sp³-hybridized carbons (Fsp3) is 0.133. The van der Waals surface area contributed by atoms with E-state index < -0.39 is 24.2 Å². The molecule has 2 aromatic rings. The maximum Gasteiger partial charge on any atom is 0.344 e. The zero-order valence-corrected chi connectivity index (χ0v) is 11.2. The molecule has 0 aromatic heterocycles. The van der Waals surface area contributed by atoms with Crippen LogP contribution < -0.4 is 10.5 Å². The van der Waals surface area contributed by atoms with Crippen LogP contribution in [0.2, 0.25) is 0 Å². The Labute approximate surface area is 120 Å². The number of carbonyl (C=O) groups excluding carboxylic acids is 1. The summed E-state index contributed by atoms with van der Waals surface area (Å²) in [5, 5.41) is 0. The molecule has 0 fully saturated rings. The highest BCUT2D eigenvalue weighted by Crippen LogP contribution is 2.25. The highest BCUT2D eigenvalue weighted by Gasteiger charge is 2.19. The van der Waals surface area contributed by atoms with Gasteiger partial charge in [-0.3, -0.25) is 0 Å². The molecular weight excluding hydrogens is 280 g/mol. The molecule has 0 atom stereocenters. The number of methoxy groups -OCH3 is 1. The number of hydrogen-bond acceptors (Lipinski definition) is 4. The maximum atomic E-state index is 13.4. The minimum atomic E-state index is -0.812. The fourth-order valence-electron chi connectivity index (χ4n) is 1.82. The van der Waals surface area contributed by atoms with Gasteiger partial charge < -0.3 is 15.2 Å². The first-order valence-corrected chi connectivity index (χ1v) is 6.07. The average molecular weight is 293 g/mol. The second-order valence-corrected chi connectivity index (χ2v) is 4.20. The summed E-state index contributed by atoms with van der Waals surface area (Å²) < 4.78 is 36.8. The Balaban J connectivity index is 2.20. The number of ether oxygens (including phenoxy) is 2. The van der Waals surface area contributed by atoms with Gasteiger partial charge in [0.05, 0.1) is 12.7 Å². The van der Waals surface area contributed by atoms with Gasteiger partial charge >= 0.3 is 5.97 Å². The van der Waals surface area contributed by atoms with Gasteiger partial charge in [0.15, 0.2) is 0 Å². The van der Waals surface area contributed by atoms with Crippen LogP contribution in [0.4, 0.5) is 14.5 Å². The molecule has 0 aliphatic carbocycles. The SMILES string of the molecule is COc1cccc(N)c1C(=O)OCc1c(F)cccc1F. The van der Waals surface area contributed by atoms with Crippen LogP contribution in [0.1, 0.15) is 15.9 Å². The van der Waals surface area contributed by atoms with E-state index in [1.54, 1.807) is 6.07 Å². The molecule has 0 aliphatic rings. The fourth-order valence-corrected chi connectivity index (χ4v) is 1.82. The molecule has 0 amide bonds. The van der Waals surface area contributed by atoms with E-state index in [1.807, 2.05) is 0 Å². The second-order valence-electron chi connectivity index (χ2n) is 4.20. The first kappa shape index (κ1) is 14.8. The van der Waals surface area contributed by atoms with E-state index in [-0.39, 0.29) is 22.6 Å². The first-order valence-electron chi connectivity index (χ1n) is 6.07. The number of benzene rings is 2. The summed E-state index contributed by atoms with van der Waals surface area (Å²) in [7, 11) is 1.38. The van der Waals surface area contributed by atoms with E-state index in [1.165, 1.54) is 25.3 Å². The summed E-state index contributed by atoms with van der Waals surface area (Å²) in [6.45, 7) is -0.533. The van der Waals surface area contributed by atoms with Crippen LogP contribution in [0.5, 0.6) is 5.75 Å². The van der Waals surface area contributed by atoms with Crippen molar-refractivity contribution in [2.45, 2.75) is 6.61 Å². The molecule has 0 saturated carbocycles. The lowest BCUT2D eigenvalue weighted by molar-refractivity contribution is 0.0462. The Morgan fingerprint density at radius 3 is 2.38 bits per heavy atom. The van der Waals surface area contributed by atoms with Crippen molar-refractivity contribution in [1.29, 1.82) is 0 Å². The van der Waals surface area contributed by atoms with Gasteiger partial charge in [0.1, 0.15) is 29.6 Å². The van der Waals surface area contributed by atoms with Gasteiger partial charge in [-0.1, -0.05) is 12.1 Å². The van der Waals surface area contributed by atoms with Crippen molar-refractivity contribution in [3.05, 3.63) is 59.2 Å². The van der Waals surface area contributed by atoms with Gasteiger partial charge in [-0.15, -0.1) is 0 Å². The Morgan fingerprint density at radius 2 is 1.76 bits per heavy atom. The molecule has 0 spiro atoms. The summed E-state index contributed by atoms with van der Waals surface area (Å²) in [6.07, 6.45) is 0. The second kappa shape index (κ2) is 6.21. The van der Waals surface area contributed by atoms with Gasteiger partial charge in [-0.2, -0.15) is 0 Å². The minimum absolute atomic E-state index is 0.0248. The van der Waals surface area contributed by atoms with Crippen molar-refractivity contribution < 1.29 is 23.0 Å². The number of nitrogens with two attached hydrogens (primary N) is 1. The molecule has 4 nitrogen and oxygen atoms in total. The van der Waals surface area contributed by atoms with Crippen LogP contribution in [-0.2, 0) is 11.3 Å². The Bertz CT molecular complexity index is 654. The minimum Gasteiger partial charge on any atom is -0.496 e. The van der Waals surface area contributed by atoms with Crippen molar-refractivity contribution >= 4 is 11.7 Å². The average Bonchev–Trinajstić information content (AvgIpc) is 2.46. The highest BCUT2D eigenvalue weighted by molar-refractivity contribution is 5.98. The Kier molecular flexibility index (Phi) is 4.37. The number of esters is 1. The molecule has 0 bridgehead atoms. The standard InChI is InChI=1S/C15H13F2NO3/c1-20-13-7-3-6-12(18)14(13)15(19)21-8-9-10(16)4-2-5-11(9)17/h2-7H,8,18H2,1H3. The smallest absolute Gasteiger partial charge is 0.344 e. The third-order valence-electron chi connectivity index (χ3n) is 2.89. The van der Waals surface area contributed by atoms with Crippen molar-refractivity contribution in [3.8, 4) is 5.75 Å². The molecule has 2 aromatic carbocycles. The molecule has 0 radical (unpaired) electrons. The van der Waals surface area contributed by atoms with Crippen molar-refractivity contribution in [2.24, 2.45) is 0 Å². The Hall–Kier alpha value is -2.63. The van der Waals surface area contributed by atoms with E-state index in [9.17, 15) is 13.6 Å². The van der Waals surface area contributed by atoms with E-state index in [4.69, 9.17) is 15.2 Å². The summed E-state index contributed by atoms with van der Waals surface area (Å²) in [5.41, 5.74) is 5.56. The van der Waals surface area contributed by atoms with Crippen LogP contribution in [0.3, 0.4) is 0 Å². The molecule has 0 unspecified atom stereocenters. The first-order chi connectivity index (χ1) is 10.0. The lowest BCUT2D eigenvalue weighted by Crippen LogP contribution is -2.11. The highest BCUT2D eigenvalue weighted by atomic mass is 19.1. The van der Waals surface area contributed by atoms with Crippen molar-refractivity contribution in [3.63, 3.8) is 0 Å². The summed E-state index contributed by atoms with van der Waals surface area (Å²) in [5.74, 6) is -2.15. The molecule has 110 valence electrons. The van der Waals surface area contributed by atoms with Crippen LogP contribution in [0, 0.1) is 11.6 Å². The van der Waals surface area contributed by atoms with Crippen LogP contribution >= 0.6 is 0 Å². The maximum absolute atomic E-state index is 13.4. The normalized spacial score (nSPS) is 10.2. The lowest BCUT2D eigenvalue weighted by atomic mass is 10.1. The third-order valence-corrected chi connectivity index (χ3v) is 2.89. The number of halogens is 2. The van der Waals surface area contributed by atoms with Crippen molar-refractivity contribution in [1.82, 2.24) is 0 Å². The topological polar surface area (TPSA) is 61.5 Å². The van der Waals surface area contributed by atoms with E-state index in [2.05, 4.69) is 0 Å². The zero-order valence-electron chi connectivity index (χ0n) is 11.2. The monoisotopic (exact) mass is 293 g/mol. The quantitative estimate of drug-likeness (QED) is 0.695. The zero-order chi connectivity index (χ0) is 15.4. The van der Waals surface area contributed by atoms with Gasteiger partial charge in [-0.05, 0) is 24.3 Å². The predicted molar refractivity (Wildman–Crippen MR) is 72.9 cm³/mol. The lowest BCUT2D eigenvalue weighted by Gasteiger charge is -2.11. The molecule has 0 saturated heterocycles. The number of hydrogen-bond donors (Lipinski definition) is 1. The number of anilines is 1. The van der Waals surface area contributed by atoms with Gasteiger partial charge in [0.2, 0.25) is 0 Å². The summed E-state index contributed by atoms with van der Waals surface area (Å²) >= 11 is 0. The number of rotatable bonds is 4. The van der Waals surface area contributed by atoms with Gasteiger partial charge in [0.25, 0.3) is 0 Å². The summed E-state index contributed by atoms with van der Waals surface area (Å²) in [4.78, 5) is 12.0. The molecular formula is C15H13F2NO3. The van der Waals surface area contributed by atoms with E-state index in [0.29, 0.717) is 0 Å².